The number of methoxy groups -OCH3 is 1. The molecule has 1 aliphatic rings. The third-order valence-electron chi connectivity index (χ3n) is 2.98. The number of carbonyl (C=O) groups excluding carboxylic acids is 1. The van der Waals surface area contributed by atoms with Crippen LogP contribution in [0.5, 0.6) is 5.75 Å². The van der Waals surface area contributed by atoms with Crippen molar-refractivity contribution in [2.45, 2.75) is 18.9 Å². The molecular formula is C13H18N2O3. The number of amides is 1. The number of nitrogens with two attached hydrogens (primary N) is 1. The summed E-state index contributed by atoms with van der Waals surface area (Å²) in [6, 6.07) is 5.67. The molecule has 5 heteroatoms. The minimum absolute atomic E-state index is 0.0915. The largest absolute Gasteiger partial charge is 0.493 e. The Morgan fingerprint density at radius 2 is 2.44 bits per heavy atom. The van der Waals surface area contributed by atoms with Crippen LogP contribution in [0.15, 0.2) is 18.2 Å². The Hall–Kier alpha value is -1.59. The summed E-state index contributed by atoms with van der Waals surface area (Å²) in [5.74, 6) is 0.816. The summed E-state index contributed by atoms with van der Waals surface area (Å²) in [4.78, 5) is 11.8. The van der Waals surface area contributed by atoms with E-state index in [1.54, 1.807) is 7.11 Å². The topological polar surface area (TPSA) is 73.6 Å². The van der Waals surface area contributed by atoms with E-state index < -0.39 is 0 Å². The molecule has 1 atom stereocenters. The number of anilines is 1. The molecule has 18 heavy (non-hydrogen) atoms. The summed E-state index contributed by atoms with van der Waals surface area (Å²) in [6.45, 7) is 1.05. The van der Waals surface area contributed by atoms with Crippen LogP contribution in [0.3, 0.4) is 0 Å². The molecule has 1 aromatic carbocycles. The van der Waals surface area contributed by atoms with Crippen LogP contribution in [0.4, 0.5) is 5.69 Å². The molecule has 0 bridgehead atoms. The maximum Gasteiger partial charge on any atom is 0.227 e. The lowest BCUT2D eigenvalue weighted by molar-refractivity contribution is -0.118. The van der Waals surface area contributed by atoms with Gasteiger partial charge in [0.05, 0.1) is 19.1 Å². The van der Waals surface area contributed by atoms with Gasteiger partial charge >= 0.3 is 0 Å². The van der Waals surface area contributed by atoms with Crippen LogP contribution in [0.25, 0.3) is 0 Å². The fourth-order valence-corrected chi connectivity index (χ4v) is 1.95. The Morgan fingerprint density at radius 3 is 3.17 bits per heavy atom. The van der Waals surface area contributed by atoms with E-state index in [-0.39, 0.29) is 18.4 Å². The second-order valence-corrected chi connectivity index (χ2v) is 4.27. The van der Waals surface area contributed by atoms with Crippen molar-refractivity contribution < 1.29 is 14.3 Å². The number of hydrogen-bond acceptors (Lipinski definition) is 4. The van der Waals surface area contributed by atoms with Gasteiger partial charge in [-0.2, -0.15) is 0 Å². The monoisotopic (exact) mass is 250 g/mol. The summed E-state index contributed by atoms with van der Waals surface area (Å²) in [7, 11) is 1.55. The lowest BCUT2D eigenvalue weighted by Crippen LogP contribution is -2.28. The Kier molecular flexibility index (Phi) is 4.17. The third kappa shape index (κ3) is 3.00. The molecule has 0 aliphatic carbocycles. The average molecular weight is 250 g/mol. The van der Waals surface area contributed by atoms with E-state index >= 15 is 0 Å². The van der Waals surface area contributed by atoms with Crippen LogP contribution >= 0.6 is 0 Å². The summed E-state index contributed by atoms with van der Waals surface area (Å²) in [5.41, 5.74) is 7.40. The van der Waals surface area contributed by atoms with Gasteiger partial charge < -0.3 is 20.5 Å². The van der Waals surface area contributed by atoms with Gasteiger partial charge in [-0.15, -0.1) is 0 Å². The van der Waals surface area contributed by atoms with E-state index in [0.29, 0.717) is 13.2 Å². The summed E-state index contributed by atoms with van der Waals surface area (Å²) >= 11 is 0. The van der Waals surface area contributed by atoms with Crippen LogP contribution in [-0.2, 0) is 16.0 Å². The highest BCUT2D eigenvalue weighted by atomic mass is 16.5. The first-order valence-electron chi connectivity index (χ1n) is 6.01. The SMILES string of the molecule is COC(CN)CC(=O)Nc1ccc2c(c1)CCO2. The zero-order valence-corrected chi connectivity index (χ0v) is 10.4. The fourth-order valence-electron chi connectivity index (χ4n) is 1.95. The normalized spacial score (nSPS) is 14.8. The molecule has 1 unspecified atom stereocenters. The van der Waals surface area contributed by atoms with Gasteiger partial charge in [-0.25, -0.2) is 0 Å². The number of hydrogen-bond donors (Lipinski definition) is 2. The van der Waals surface area contributed by atoms with Gasteiger partial charge in [0.25, 0.3) is 0 Å². The average Bonchev–Trinajstić information content (AvgIpc) is 2.83. The van der Waals surface area contributed by atoms with E-state index in [2.05, 4.69) is 5.32 Å². The predicted octanol–water partition coefficient (Wildman–Crippen LogP) is 0.924. The first-order chi connectivity index (χ1) is 8.72. The Morgan fingerprint density at radius 1 is 1.61 bits per heavy atom. The standard InChI is InChI=1S/C13H18N2O3/c1-17-11(8-14)7-13(16)15-10-2-3-12-9(6-10)4-5-18-12/h2-3,6,11H,4-5,7-8,14H2,1H3,(H,15,16). The quantitative estimate of drug-likeness (QED) is 0.815. The van der Waals surface area contributed by atoms with Gasteiger partial charge in [0, 0.05) is 25.8 Å². The number of ether oxygens (including phenoxy) is 2. The zero-order valence-electron chi connectivity index (χ0n) is 10.4. The Balaban J connectivity index is 1.95. The molecule has 0 saturated heterocycles. The molecule has 0 radical (unpaired) electrons. The zero-order chi connectivity index (χ0) is 13.0. The van der Waals surface area contributed by atoms with Crippen LogP contribution in [0, 0.1) is 0 Å². The van der Waals surface area contributed by atoms with Crippen LogP contribution in [-0.4, -0.2) is 32.3 Å². The van der Waals surface area contributed by atoms with E-state index in [0.717, 1.165) is 23.4 Å². The van der Waals surface area contributed by atoms with E-state index in [1.807, 2.05) is 18.2 Å². The maximum atomic E-state index is 11.8. The number of carbonyl (C=O) groups is 1. The van der Waals surface area contributed by atoms with Crippen LogP contribution in [0.1, 0.15) is 12.0 Å². The smallest absolute Gasteiger partial charge is 0.227 e. The second kappa shape index (κ2) is 5.84. The van der Waals surface area contributed by atoms with Crippen molar-refractivity contribution in [3.63, 3.8) is 0 Å². The minimum Gasteiger partial charge on any atom is -0.493 e. The molecule has 1 heterocycles. The lowest BCUT2D eigenvalue weighted by Gasteiger charge is -2.13. The van der Waals surface area contributed by atoms with Crippen molar-refractivity contribution in [3.05, 3.63) is 23.8 Å². The van der Waals surface area contributed by atoms with Crippen LogP contribution in [0.2, 0.25) is 0 Å². The molecule has 1 aromatic rings. The van der Waals surface area contributed by atoms with E-state index in [9.17, 15) is 4.79 Å². The number of nitrogens with one attached hydrogen (secondary N) is 1. The molecule has 0 aromatic heterocycles. The summed E-state index contributed by atoms with van der Waals surface area (Å²) in [5, 5.41) is 2.84. The van der Waals surface area contributed by atoms with Gasteiger partial charge in [0.2, 0.25) is 5.91 Å². The fraction of sp³-hybridized carbons (Fsp3) is 0.462. The number of fused-ring (bicyclic) bond motifs is 1. The van der Waals surface area contributed by atoms with Gasteiger partial charge in [-0.1, -0.05) is 0 Å². The molecule has 5 nitrogen and oxygen atoms in total. The molecule has 3 N–H and O–H groups in total. The predicted molar refractivity (Wildman–Crippen MR) is 68.7 cm³/mol. The molecule has 98 valence electrons. The molecule has 0 fully saturated rings. The molecule has 1 amide bonds. The van der Waals surface area contributed by atoms with Gasteiger partial charge in [0.15, 0.2) is 0 Å². The second-order valence-electron chi connectivity index (χ2n) is 4.27. The van der Waals surface area contributed by atoms with Crippen LogP contribution < -0.4 is 15.8 Å². The maximum absolute atomic E-state index is 11.8. The van der Waals surface area contributed by atoms with Gasteiger partial charge in [-0.3, -0.25) is 4.79 Å². The van der Waals surface area contributed by atoms with Crippen molar-refractivity contribution in [3.8, 4) is 5.75 Å². The van der Waals surface area contributed by atoms with Crippen molar-refractivity contribution in [1.82, 2.24) is 0 Å². The third-order valence-corrected chi connectivity index (χ3v) is 2.98. The van der Waals surface area contributed by atoms with Gasteiger partial charge in [-0.05, 0) is 23.8 Å². The molecular weight excluding hydrogens is 232 g/mol. The molecule has 1 aliphatic heterocycles. The Labute approximate surface area is 106 Å². The summed E-state index contributed by atoms with van der Waals surface area (Å²) < 4.78 is 10.5. The highest BCUT2D eigenvalue weighted by Crippen LogP contribution is 2.27. The van der Waals surface area contributed by atoms with Crippen molar-refractivity contribution in [1.29, 1.82) is 0 Å². The molecule has 2 rings (SSSR count). The first-order valence-corrected chi connectivity index (χ1v) is 6.01. The van der Waals surface area contributed by atoms with Crippen molar-refractivity contribution in [2.75, 3.05) is 25.6 Å². The molecule has 0 saturated carbocycles. The molecule has 0 spiro atoms. The van der Waals surface area contributed by atoms with E-state index in [4.69, 9.17) is 15.2 Å². The lowest BCUT2D eigenvalue weighted by atomic mass is 10.1. The van der Waals surface area contributed by atoms with Crippen molar-refractivity contribution >= 4 is 11.6 Å². The van der Waals surface area contributed by atoms with E-state index in [1.165, 1.54) is 0 Å². The van der Waals surface area contributed by atoms with Gasteiger partial charge in [0.1, 0.15) is 5.75 Å². The summed E-state index contributed by atoms with van der Waals surface area (Å²) in [6.07, 6.45) is 0.922. The van der Waals surface area contributed by atoms with Crippen molar-refractivity contribution in [2.24, 2.45) is 5.73 Å². The minimum atomic E-state index is -0.234. The Bertz CT molecular complexity index is 430. The number of benzene rings is 1. The highest BCUT2D eigenvalue weighted by Gasteiger charge is 2.14. The highest BCUT2D eigenvalue weighted by molar-refractivity contribution is 5.91. The number of rotatable bonds is 5. The first kappa shape index (κ1) is 12.9.